The number of hydrogen-bond donors (Lipinski definition) is 1. The highest BCUT2D eigenvalue weighted by molar-refractivity contribution is 5.63. The Labute approximate surface area is 121 Å². The Bertz CT molecular complexity index is 674. The summed E-state index contributed by atoms with van der Waals surface area (Å²) in [7, 11) is 1.57. The van der Waals surface area contributed by atoms with E-state index >= 15 is 0 Å². The maximum Gasteiger partial charge on any atom is 0.295 e. The van der Waals surface area contributed by atoms with Crippen molar-refractivity contribution in [2.75, 3.05) is 12.4 Å². The van der Waals surface area contributed by atoms with E-state index in [1.807, 2.05) is 24.3 Å². The van der Waals surface area contributed by atoms with Crippen LogP contribution in [0.5, 0.6) is 5.75 Å². The van der Waals surface area contributed by atoms with Crippen LogP contribution in [-0.4, -0.2) is 12.0 Å². The zero-order valence-electron chi connectivity index (χ0n) is 11.7. The summed E-state index contributed by atoms with van der Waals surface area (Å²) in [4.78, 5) is 10.4. The maximum atomic E-state index is 13.4. The van der Waals surface area contributed by atoms with Gasteiger partial charge in [-0.05, 0) is 36.2 Å². The summed E-state index contributed by atoms with van der Waals surface area (Å²) >= 11 is 0. The summed E-state index contributed by atoms with van der Waals surface area (Å²) in [6, 6.07) is 9.72. The van der Waals surface area contributed by atoms with Crippen LogP contribution in [0.2, 0.25) is 0 Å². The summed E-state index contributed by atoms with van der Waals surface area (Å²) < 4.78 is 18.6. The van der Waals surface area contributed by atoms with Crippen LogP contribution in [0.1, 0.15) is 11.1 Å². The zero-order valence-corrected chi connectivity index (χ0v) is 11.7. The van der Waals surface area contributed by atoms with Crippen LogP contribution in [0.25, 0.3) is 0 Å². The smallest absolute Gasteiger partial charge is 0.295 e. The molecule has 0 fully saturated rings. The molecule has 2 aromatic rings. The molecule has 0 saturated carbocycles. The summed E-state index contributed by atoms with van der Waals surface area (Å²) in [6.07, 6.45) is 0. The minimum Gasteiger partial charge on any atom is -0.497 e. The Morgan fingerprint density at radius 1 is 1.33 bits per heavy atom. The number of benzene rings is 2. The van der Waals surface area contributed by atoms with E-state index in [4.69, 9.17) is 4.74 Å². The number of anilines is 1. The second-order valence-electron chi connectivity index (χ2n) is 4.58. The van der Waals surface area contributed by atoms with Crippen LogP contribution in [0, 0.1) is 22.9 Å². The molecule has 0 aliphatic heterocycles. The van der Waals surface area contributed by atoms with Crippen molar-refractivity contribution in [2.24, 2.45) is 0 Å². The normalized spacial score (nSPS) is 10.2. The summed E-state index contributed by atoms with van der Waals surface area (Å²) in [5.74, 6) is 0.118. The second kappa shape index (κ2) is 6.21. The fraction of sp³-hybridized carbons (Fsp3) is 0.200. The van der Waals surface area contributed by atoms with Crippen molar-refractivity contribution in [3.05, 3.63) is 63.5 Å². The first-order valence-electron chi connectivity index (χ1n) is 6.32. The Hall–Kier alpha value is -2.63. The van der Waals surface area contributed by atoms with Crippen LogP contribution in [-0.2, 0) is 6.54 Å². The van der Waals surface area contributed by atoms with Gasteiger partial charge < -0.3 is 10.1 Å². The third-order valence-corrected chi connectivity index (χ3v) is 3.09. The number of methoxy groups -OCH3 is 1. The van der Waals surface area contributed by atoms with Crippen LogP contribution in [0.3, 0.4) is 0 Å². The maximum absolute atomic E-state index is 13.4. The molecule has 0 unspecified atom stereocenters. The number of nitro benzene ring substituents is 1. The summed E-state index contributed by atoms with van der Waals surface area (Å²) in [5, 5.41) is 13.9. The average molecular weight is 290 g/mol. The molecule has 0 atom stereocenters. The number of hydrogen-bond acceptors (Lipinski definition) is 4. The first kappa shape index (κ1) is 14.8. The van der Waals surface area contributed by atoms with Gasteiger partial charge in [-0.1, -0.05) is 12.1 Å². The van der Waals surface area contributed by atoms with Gasteiger partial charge in [0.05, 0.1) is 18.1 Å². The van der Waals surface area contributed by atoms with E-state index in [9.17, 15) is 14.5 Å². The minimum atomic E-state index is -0.601. The number of nitrogens with one attached hydrogen (secondary N) is 1. The minimum absolute atomic E-state index is 0.277. The lowest BCUT2D eigenvalue weighted by Crippen LogP contribution is -2.04. The molecule has 0 amide bonds. The highest BCUT2D eigenvalue weighted by atomic mass is 19.1. The number of halogens is 1. The van der Waals surface area contributed by atoms with Gasteiger partial charge in [0, 0.05) is 6.54 Å². The number of aryl methyl sites for hydroxylation is 1. The first-order chi connectivity index (χ1) is 10.0. The van der Waals surface area contributed by atoms with Crippen molar-refractivity contribution in [3.8, 4) is 5.75 Å². The molecule has 21 heavy (non-hydrogen) atoms. The van der Waals surface area contributed by atoms with Gasteiger partial charge in [-0.25, -0.2) is 4.39 Å². The van der Waals surface area contributed by atoms with E-state index in [-0.39, 0.29) is 5.69 Å². The molecule has 0 aliphatic rings. The SMILES string of the molecule is COc1cccc(CNc2cc(C)c(F)cc2[N+](=O)[O-])c1. The Morgan fingerprint density at radius 3 is 2.76 bits per heavy atom. The monoisotopic (exact) mass is 290 g/mol. The lowest BCUT2D eigenvalue weighted by molar-refractivity contribution is -0.384. The molecule has 0 aliphatic carbocycles. The quantitative estimate of drug-likeness (QED) is 0.674. The Morgan fingerprint density at radius 2 is 2.10 bits per heavy atom. The van der Waals surface area contributed by atoms with E-state index in [2.05, 4.69) is 5.32 Å². The molecular weight excluding hydrogens is 275 g/mol. The Balaban J connectivity index is 2.22. The highest BCUT2D eigenvalue weighted by Crippen LogP contribution is 2.28. The predicted molar refractivity (Wildman–Crippen MR) is 78.1 cm³/mol. The number of nitrogens with zero attached hydrogens (tertiary/aromatic N) is 1. The lowest BCUT2D eigenvalue weighted by Gasteiger charge is -2.09. The van der Waals surface area contributed by atoms with Gasteiger partial charge in [0.2, 0.25) is 0 Å². The predicted octanol–water partition coefficient (Wildman–Crippen LogP) is 3.66. The van der Waals surface area contributed by atoms with Crippen molar-refractivity contribution in [3.63, 3.8) is 0 Å². The van der Waals surface area contributed by atoms with Crippen LogP contribution < -0.4 is 10.1 Å². The molecule has 0 bridgehead atoms. The number of nitro groups is 1. The average Bonchev–Trinajstić information content (AvgIpc) is 2.48. The molecule has 6 heteroatoms. The van der Waals surface area contributed by atoms with E-state index < -0.39 is 10.7 Å². The molecular formula is C15H15FN2O3. The molecule has 0 spiro atoms. The van der Waals surface area contributed by atoms with Crippen molar-refractivity contribution in [2.45, 2.75) is 13.5 Å². The highest BCUT2D eigenvalue weighted by Gasteiger charge is 2.16. The van der Waals surface area contributed by atoms with Gasteiger partial charge >= 0.3 is 0 Å². The Kier molecular flexibility index (Phi) is 4.37. The van der Waals surface area contributed by atoms with Gasteiger partial charge in [0.1, 0.15) is 17.3 Å². The molecule has 2 rings (SSSR count). The zero-order chi connectivity index (χ0) is 15.4. The largest absolute Gasteiger partial charge is 0.497 e. The molecule has 0 aromatic heterocycles. The van der Waals surface area contributed by atoms with E-state index in [0.717, 1.165) is 11.6 Å². The third-order valence-electron chi connectivity index (χ3n) is 3.09. The molecule has 0 heterocycles. The van der Waals surface area contributed by atoms with E-state index in [0.29, 0.717) is 23.5 Å². The summed E-state index contributed by atoms with van der Waals surface area (Å²) in [6.45, 7) is 1.94. The van der Waals surface area contributed by atoms with Crippen molar-refractivity contribution < 1.29 is 14.1 Å². The standard InChI is InChI=1S/C15H15FN2O3/c1-10-6-14(15(18(19)20)8-13(10)16)17-9-11-4-3-5-12(7-11)21-2/h3-8,17H,9H2,1-2H3. The van der Waals surface area contributed by atoms with Gasteiger partial charge in [0.15, 0.2) is 0 Å². The van der Waals surface area contributed by atoms with Gasteiger partial charge in [-0.3, -0.25) is 10.1 Å². The van der Waals surface area contributed by atoms with Crippen LogP contribution in [0.15, 0.2) is 36.4 Å². The topological polar surface area (TPSA) is 64.4 Å². The number of rotatable bonds is 5. The fourth-order valence-electron chi connectivity index (χ4n) is 1.94. The van der Waals surface area contributed by atoms with Crippen LogP contribution >= 0.6 is 0 Å². The second-order valence-corrected chi connectivity index (χ2v) is 4.58. The third kappa shape index (κ3) is 3.47. The molecule has 5 nitrogen and oxygen atoms in total. The van der Waals surface area contributed by atoms with Crippen LogP contribution in [0.4, 0.5) is 15.8 Å². The van der Waals surface area contributed by atoms with Gasteiger partial charge in [0.25, 0.3) is 5.69 Å². The van der Waals surface area contributed by atoms with Crippen molar-refractivity contribution >= 4 is 11.4 Å². The van der Waals surface area contributed by atoms with Crippen molar-refractivity contribution in [1.82, 2.24) is 0 Å². The summed E-state index contributed by atoms with van der Waals surface area (Å²) in [5.41, 5.74) is 1.28. The molecule has 0 radical (unpaired) electrons. The first-order valence-corrected chi connectivity index (χ1v) is 6.32. The fourth-order valence-corrected chi connectivity index (χ4v) is 1.94. The molecule has 0 saturated heterocycles. The van der Waals surface area contributed by atoms with Gasteiger partial charge in [-0.2, -0.15) is 0 Å². The van der Waals surface area contributed by atoms with Gasteiger partial charge in [-0.15, -0.1) is 0 Å². The van der Waals surface area contributed by atoms with E-state index in [1.165, 1.54) is 6.07 Å². The molecule has 1 N–H and O–H groups in total. The lowest BCUT2D eigenvalue weighted by atomic mass is 10.1. The van der Waals surface area contributed by atoms with E-state index in [1.54, 1.807) is 14.0 Å². The molecule has 2 aromatic carbocycles. The number of ether oxygens (including phenoxy) is 1. The molecule has 110 valence electrons. The van der Waals surface area contributed by atoms with Crippen molar-refractivity contribution in [1.29, 1.82) is 0 Å².